The summed E-state index contributed by atoms with van der Waals surface area (Å²) in [7, 11) is 0. The van der Waals surface area contributed by atoms with Crippen molar-refractivity contribution in [2.45, 2.75) is 105 Å². The van der Waals surface area contributed by atoms with Gasteiger partial charge in [-0.25, -0.2) is 0 Å². The number of nitrogens with two attached hydrogens (primary N) is 8. The number of hydrogen-bond donors (Lipinski definition) is 16. The van der Waals surface area contributed by atoms with E-state index in [1.165, 1.54) is 104 Å². The molecule has 1 aromatic carbocycles. The van der Waals surface area contributed by atoms with Gasteiger partial charge in [0.25, 0.3) is 0 Å². The summed E-state index contributed by atoms with van der Waals surface area (Å²) >= 11 is -4.46. The van der Waals surface area contributed by atoms with Gasteiger partial charge in [-0.3, -0.25) is 0 Å². The Morgan fingerprint density at radius 3 is 0.707 bits per heavy atom. The van der Waals surface area contributed by atoms with E-state index in [0.717, 1.165) is 32.7 Å². The third-order valence-electron chi connectivity index (χ3n) is 15.5. The predicted molar refractivity (Wildman–Crippen MR) is 328 cm³/mol. The van der Waals surface area contributed by atoms with Gasteiger partial charge in [-0.2, -0.15) is 0 Å². The fourth-order valence-corrected chi connectivity index (χ4v) is 16.1. The number of imidazole rings is 8. The number of benzene rings is 1. The van der Waals surface area contributed by atoms with Gasteiger partial charge in [-0.15, -0.1) is 0 Å². The van der Waals surface area contributed by atoms with Crippen molar-refractivity contribution in [3.05, 3.63) is 146 Å². The van der Waals surface area contributed by atoms with Crippen LogP contribution >= 0.6 is 0 Å². The minimum absolute atomic E-state index is 0.0186. The number of nitrogens with zero attached hydrogens (tertiary/aromatic N) is 16. The van der Waals surface area contributed by atoms with Gasteiger partial charge in [0.05, 0.1) is 0 Å². The van der Waals surface area contributed by atoms with Gasteiger partial charge in [-0.05, 0) is 0 Å². The van der Waals surface area contributed by atoms with Crippen LogP contribution in [-0.4, -0.2) is 219 Å². The first-order valence-corrected chi connectivity index (χ1v) is 34.4. The summed E-state index contributed by atoms with van der Waals surface area (Å²) in [4.78, 5) is 151. The second kappa shape index (κ2) is 30.0. The Hall–Kier alpha value is -11.3. The maximum absolute atomic E-state index is 16.7. The van der Waals surface area contributed by atoms with Gasteiger partial charge >= 0.3 is 570 Å². The number of aliphatic carboxylic acids is 8. The van der Waals surface area contributed by atoms with E-state index in [2.05, 4.69) is 39.9 Å². The van der Waals surface area contributed by atoms with Crippen LogP contribution in [0.15, 0.2) is 100 Å². The number of carbonyl (C=O) groups is 9. The number of carboxylic acids is 8. The van der Waals surface area contributed by atoms with Crippen molar-refractivity contribution < 1.29 is 112 Å². The van der Waals surface area contributed by atoms with E-state index < -0.39 is 178 Å². The number of hydrogen-bond acceptors (Lipinski definition) is 26. The van der Waals surface area contributed by atoms with Crippen molar-refractivity contribution in [2.75, 3.05) is 0 Å². The van der Waals surface area contributed by atoms with Gasteiger partial charge in [0.2, 0.25) is 0 Å². The van der Waals surface area contributed by atoms with Gasteiger partial charge in [0, 0.05) is 0 Å². The zero-order valence-electron chi connectivity index (χ0n) is 51.7. The molecule has 0 fully saturated rings. The Balaban J connectivity index is 1.45. The van der Waals surface area contributed by atoms with Crippen LogP contribution in [0, 0.1) is 0 Å². The molecule has 42 nitrogen and oxygen atoms in total. The fourth-order valence-electron chi connectivity index (χ4n) is 10.5. The summed E-state index contributed by atoms with van der Waals surface area (Å²) in [5, 5.41) is 79.8. The zero-order chi connectivity index (χ0) is 72.1. The Morgan fingerprint density at radius 2 is 0.495 bits per heavy atom. The average Bonchev–Trinajstić information content (AvgIpc) is 1.70. The van der Waals surface area contributed by atoms with Crippen LogP contribution in [0.2, 0.25) is 0 Å². The van der Waals surface area contributed by atoms with Gasteiger partial charge in [0.15, 0.2) is 0 Å². The normalized spacial score (nSPS) is 14.1. The molecule has 0 amide bonds. The average molecular weight is 1560 g/mol. The molecule has 99 heavy (non-hydrogen) atoms. The number of aromatic nitrogens is 16. The van der Waals surface area contributed by atoms with Crippen molar-refractivity contribution in [1.82, 2.24) is 76.4 Å². The molecule has 0 saturated heterocycles. The molecule has 0 saturated carbocycles. The molecule has 0 spiro atoms. The van der Waals surface area contributed by atoms with Crippen LogP contribution in [0.3, 0.4) is 0 Å². The molecular weight excluding hydrogens is 1500 g/mol. The Bertz CT molecular complexity index is 4250. The van der Waals surface area contributed by atoms with Crippen LogP contribution in [-0.2, 0) is 128 Å². The van der Waals surface area contributed by atoms with Gasteiger partial charge in [-0.1, -0.05) is 0 Å². The summed E-state index contributed by atoms with van der Waals surface area (Å²) in [6.07, 6.45) is 16.9. The third-order valence-corrected chi connectivity index (χ3v) is 20.8. The predicted octanol–water partition coefficient (Wildman–Crippen LogP) is -6.59. The molecule has 9 aromatic rings. The van der Waals surface area contributed by atoms with Crippen molar-refractivity contribution in [3.63, 3.8) is 0 Å². The summed E-state index contributed by atoms with van der Waals surface area (Å²) in [6, 6.07) is -12.4. The van der Waals surface area contributed by atoms with E-state index in [1.54, 1.807) is 0 Å². The zero-order valence-corrected chi connectivity index (χ0v) is 57.2. The molecule has 8 atom stereocenters. The monoisotopic (exact) mass is 1560 g/mol. The summed E-state index contributed by atoms with van der Waals surface area (Å²) in [5.41, 5.74) is 48.5. The van der Waals surface area contributed by atoms with Crippen LogP contribution < -0.4 is 48.9 Å². The van der Waals surface area contributed by atoms with E-state index in [0.29, 0.717) is 0 Å². The minimum atomic E-state index is -4.46. The second-order valence-corrected chi connectivity index (χ2v) is 27.8. The Kier molecular flexibility index (Phi) is 21.8. The third kappa shape index (κ3) is 15.9. The maximum atomic E-state index is 16.7. The molecule has 0 aliphatic rings. The van der Waals surface area contributed by atoms with Crippen molar-refractivity contribution in [1.29, 1.82) is 0 Å². The summed E-state index contributed by atoms with van der Waals surface area (Å²) in [5.74, 6) is -15.3. The van der Waals surface area contributed by atoms with E-state index in [4.69, 9.17) is 48.5 Å². The SMILES string of the molecule is N[C@@H](Cc1cn(-c2[c]([Hg][O]C(=O)C(n3cnc(C[C@H](N)C(=O)O)c3)(n3cnc(C[C@H](N)C(=O)O)c3)n3cnc(C[C@H](N)C(=O)O)c3)c(-n3cnc(C[C@H](N)C(=O)O)c3)c(-n3cnc(C[C@H](N)C(=O)O)c3)c(-n3cnc(C[C@H](N)C(=O)O)c3)c2-n2cnc(C[C@H](N)C(=O)O)c2)cn1)C(=O)O. The van der Waals surface area contributed by atoms with Crippen LogP contribution in [0.4, 0.5) is 0 Å². The molecule has 24 N–H and O–H groups in total. The molecule has 0 aliphatic carbocycles. The molecule has 8 heterocycles. The molecule has 0 bridgehead atoms. The summed E-state index contributed by atoms with van der Waals surface area (Å²) in [6.45, 7) is 0. The Labute approximate surface area is 567 Å². The van der Waals surface area contributed by atoms with Crippen LogP contribution in [0.5, 0.6) is 0 Å². The first kappa shape index (κ1) is 72.0. The van der Waals surface area contributed by atoms with Crippen molar-refractivity contribution in [3.8, 4) is 28.4 Å². The first-order valence-electron chi connectivity index (χ1n) is 29.4. The number of rotatable bonds is 35. The standard InChI is InChI=1S/C36H40N15O10.C20H25N9O8.Hg/c37-22(32(52)53)1-17-7-47(12-42-17)27-6-28(48-8-18(43-13-48)2-23(38)33(54)55)30(50-10-20(45-15-50)4-25(40)35(58)59)31(51-11-21(46-16-51)5-26(41)36(60)61)29(27)49-9-19(44-14-49)3-24(39)34(56)57;21-13(16(30)31)1-10-4-27(7-24-10)20(19(36)37,28-5-11(25-8-28)2-14(22)17(32)33)29-6-12(26-9-29)3-15(23)18(34)35;/h7-16,22-26H,1-5,37-41H2,(H,52,53)(H,54,55)(H,56,57)(H,58,59)(H,60,61);4-9,13-15H,1-3,21-23H2,(H,30,31)(H,32,33)(H,34,35)(H,36,37);/q;;+1/p-1/t22-,23-,24-,25-,26-;13-,14-,15-;/m00./s1. The number of carbonyl (C=O) groups excluding carboxylic acids is 1. The van der Waals surface area contributed by atoms with Gasteiger partial charge in [0.1, 0.15) is 0 Å². The molecule has 0 aliphatic heterocycles. The van der Waals surface area contributed by atoms with Crippen molar-refractivity contribution in [2.24, 2.45) is 45.9 Å². The van der Waals surface area contributed by atoms with Crippen molar-refractivity contribution >= 4 is 56.8 Å². The quantitative estimate of drug-likeness (QED) is 0.0164. The fraction of sp³-hybridized carbons (Fsp3) is 0.304. The molecule has 8 aromatic heterocycles. The molecule has 43 heteroatoms. The molecule has 9 rings (SSSR count). The molecular formula is C56H64HgN24O18. The van der Waals surface area contributed by atoms with Crippen LogP contribution in [0.1, 0.15) is 45.6 Å². The van der Waals surface area contributed by atoms with Crippen LogP contribution in [0.25, 0.3) is 28.4 Å². The summed E-state index contributed by atoms with van der Waals surface area (Å²) < 4.78 is 17.5. The topological polar surface area (TPSA) is 675 Å². The molecule has 518 valence electrons. The van der Waals surface area contributed by atoms with E-state index >= 15 is 4.79 Å². The Morgan fingerprint density at radius 1 is 0.313 bits per heavy atom. The van der Waals surface area contributed by atoms with E-state index in [1.807, 2.05) is 0 Å². The van der Waals surface area contributed by atoms with E-state index in [9.17, 15) is 79.2 Å². The van der Waals surface area contributed by atoms with Gasteiger partial charge < -0.3 is 0 Å². The second-order valence-electron chi connectivity index (χ2n) is 22.8. The first-order chi connectivity index (χ1) is 46.8. The number of carboxylic acid groups (broad SMARTS) is 8. The molecule has 0 unspecified atom stereocenters. The molecule has 0 radical (unpaired) electrons. The van der Waals surface area contributed by atoms with E-state index in [-0.39, 0.29) is 83.5 Å².